The number of hydrogen-bond donors (Lipinski definition) is 3. The van der Waals surface area contributed by atoms with Crippen LogP contribution < -0.4 is 16.0 Å². The fourth-order valence-corrected chi connectivity index (χ4v) is 3.65. The average molecular weight is 428 g/mol. The Bertz CT molecular complexity index is 866. The van der Waals surface area contributed by atoms with Crippen LogP contribution in [-0.2, 0) is 30.7 Å². The molecular weight excluding hydrogens is 394 g/mol. The fourth-order valence-electron chi connectivity index (χ4n) is 3.65. The largest absolute Gasteiger partial charge is 0.376 e. The lowest BCUT2D eigenvalue weighted by Crippen LogP contribution is -2.36. The molecule has 0 bridgehead atoms. The lowest BCUT2D eigenvalue weighted by molar-refractivity contribution is 0.0857. The number of carbonyl (C=O) groups is 1. The van der Waals surface area contributed by atoms with Gasteiger partial charge in [0.2, 0.25) is 0 Å². The molecule has 3 N–H and O–H groups in total. The maximum Gasteiger partial charge on any atom is 0.251 e. The summed E-state index contributed by atoms with van der Waals surface area (Å²) in [5.41, 5.74) is 3.71. The first kappa shape index (κ1) is 22.8. The van der Waals surface area contributed by atoms with Crippen LogP contribution in [0.1, 0.15) is 59.6 Å². The molecule has 0 spiro atoms. The van der Waals surface area contributed by atoms with Gasteiger partial charge in [0, 0.05) is 50.8 Å². The standard InChI is InChI=1S/C23H33N5O3/c1-4-20-19(21(5-2)31-28-20)15-27-23(24-3)26-13-16-8-6-9-17(12-16)22(29)25-14-18-10-7-11-30-18/h6,8-9,12,18H,4-5,7,10-11,13-15H2,1-3H3,(H,25,29)(H2,24,26,27). The molecule has 168 valence electrons. The van der Waals surface area contributed by atoms with Crippen molar-refractivity contribution in [1.82, 2.24) is 21.1 Å². The van der Waals surface area contributed by atoms with Crippen LogP contribution in [0, 0.1) is 0 Å². The number of rotatable bonds is 9. The second-order valence-electron chi connectivity index (χ2n) is 7.56. The van der Waals surface area contributed by atoms with Crippen LogP contribution >= 0.6 is 0 Å². The molecule has 8 heteroatoms. The van der Waals surface area contributed by atoms with Gasteiger partial charge in [0.25, 0.3) is 5.91 Å². The van der Waals surface area contributed by atoms with Crippen LogP contribution in [0.4, 0.5) is 0 Å². The van der Waals surface area contributed by atoms with E-state index >= 15 is 0 Å². The number of aliphatic imine (C=N–C) groups is 1. The molecule has 0 saturated carbocycles. The van der Waals surface area contributed by atoms with Crippen LogP contribution in [0.5, 0.6) is 0 Å². The SMILES string of the molecule is CCc1noc(CC)c1CNC(=NC)NCc1cccc(C(=O)NCC2CCCO2)c1. The van der Waals surface area contributed by atoms with Gasteiger partial charge in [0.15, 0.2) is 5.96 Å². The quantitative estimate of drug-likeness (QED) is 0.420. The van der Waals surface area contributed by atoms with Gasteiger partial charge in [-0.1, -0.05) is 31.1 Å². The third kappa shape index (κ3) is 6.30. The maximum absolute atomic E-state index is 12.5. The Morgan fingerprint density at radius 2 is 2.03 bits per heavy atom. The van der Waals surface area contributed by atoms with Gasteiger partial charge in [0.1, 0.15) is 5.76 Å². The molecule has 1 aromatic carbocycles. The highest BCUT2D eigenvalue weighted by Gasteiger charge is 2.17. The van der Waals surface area contributed by atoms with E-state index in [1.54, 1.807) is 7.05 Å². The van der Waals surface area contributed by atoms with E-state index in [-0.39, 0.29) is 12.0 Å². The topological polar surface area (TPSA) is 101 Å². The minimum atomic E-state index is -0.0773. The number of nitrogens with one attached hydrogen (secondary N) is 3. The summed E-state index contributed by atoms with van der Waals surface area (Å²) in [7, 11) is 1.74. The number of benzene rings is 1. The zero-order chi connectivity index (χ0) is 22.1. The van der Waals surface area contributed by atoms with Crippen molar-refractivity contribution in [2.75, 3.05) is 20.2 Å². The van der Waals surface area contributed by atoms with Crippen LogP contribution in [0.15, 0.2) is 33.8 Å². The van der Waals surface area contributed by atoms with E-state index in [0.29, 0.717) is 31.2 Å². The first-order valence-electron chi connectivity index (χ1n) is 11.0. The van der Waals surface area contributed by atoms with Crippen molar-refractivity contribution in [2.45, 2.75) is 58.7 Å². The molecule has 1 atom stereocenters. The normalized spacial score (nSPS) is 16.4. The Morgan fingerprint density at radius 1 is 1.19 bits per heavy atom. The molecule has 1 amide bonds. The molecule has 1 fully saturated rings. The molecule has 2 aromatic rings. The predicted octanol–water partition coefficient (Wildman–Crippen LogP) is 2.57. The summed E-state index contributed by atoms with van der Waals surface area (Å²) in [6, 6.07) is 7.61. The zero-order valence-corrected chi connectivity index (χ0v) is 18.7. The fraction of sp³-hybridized carbons (Fsp3) is 0.522. The van der Waals surface area contributed by atoms with Crippen molar-refractivity contribution < 1.29 is 14.1 Å². The number of amides is 1. The summed E-state index contributed by atoms with van der Waals surface area (Å²) in [6.07, 6.45) is 3.83. The smallest absolute Gasteiger partial charge is 0.251 e. The van der Waals surface area contributed by atoms with Crippen molar-refractivity contribution in [3.63, 3.8) is 0 Å². The highest BCUT2D eigenvalue weighted by Crippen LogP contribution is 2.15. The van der Waals surface area contributed by atoms with Crippen molar-refractivity contribution in [3.05, 3.63) is 52.4 Å². The van der Waals surface area contributed by atoms with E-state index in [9.17, 15) is 4.79 Å². The molecule has 1 aliphatic rings. The maximum atomic E-state index is 12.5. The van der Waals surface area contributed by atoms with E-state index in [2.05, 4.69) is 39.9 Å². The molecule has 8 nitrogen and oxygen atoms in total. The van der Waals surface area contributed by atoms with Crippen molar-refractivity contribution in [3.8, 4) is 0 Å². The Hall–Kier alpha value is -2.87. The second-order valence-corrected chi connectivity index (χ2v) is 7.56. The second kappa shape index (κ2) is 11.5. The lowest BCUT2D eigenvalue weighted by atomic mass is 10.1. The Kier molecular flexibility index (Phi) is 8.46. The van der Waals surface area contributed by atoms with Gasteiger partial charge in [-0.25, -0.2) is 0 Å². The van der Waals surface area contributed by atoms with Crippen molar-refractivity contribution in [2.24, 2.45) is 4.99 Å². The predicted molar refractivity (Wildman–Crippen MR) is 120 cm³/mol. The molecule has 1 unspecified atom stereocenters. The third-order valence-electron chi connectivity index (χ3n) is 5.43. The van der Waals surface area contributed by atoms with Crippen LogP contribution in [-0.4, -0.2) is 43.3 Å². The zero-order valence-electron chi connectivity index (χ0n) is 18.7. The molecule has 3 rings (SSSR count). The Balaban J connectivity index is 1.52. The van der Waals surface area contributed by atoms with Crippen LogP contribution in [0.3, 0.4) is 0 Å². The van der Waals surface area contributed by atoms with Gasteiger partial charge in [-0.05, 0) is 37.0 Å². The molecule has 0 aliphatic carbocycles. The third-order valence-corrected chi connectivity index (χ3v) is 5.43. The molecular formula is C23H33N5O3. The van der Waals surface area contributed by atoms with Gasteiger partial charge < -0.3 is 25.2 Å². The molecule has 2 heterocycles. The highest BCUT2D eigenvalue weighted by atomic mass is 16.5. The number of guanidine groups is 1. The van der Waals surface area contributed by atoms with Crippen LogP contribution in [0.25, 0.3) is 0 Å². The monoisotopic (exact) mass is 427 g/mol. The number of aryl methyl sites for hydroxylation is 2. The summed E-state index contributed by atoms with van der Waals surface area (Å²) in [4.78, 5) is 16.8. The van der Waals surface area contributed by atoms with E-state index in [0.717, 1.165) is 54.9 Å². The summed E-state index contributed by atoms with van der Waals surface area (Å²) in [5.74, 6) is 1.51. The van der Waals surface area contributed by atoms with Gasteiger partial charge in [0.05, 0.1) is 11.8 Å². The first-order chi connectivity index (χ1) is 15.1. The van der Waals surface area contributed by atoms with E-state index < -0.39 is 0 Å². The molecule has 0 radical (unpaired) electrons. The first-order valence-corrected chi connectivity index (χ1v) is 11.0. The summed E-state index contributed by atoms with van der Waals surface area (Å²) in [5, 5.41) is 13.7. The summed E-state index contributed by atoms with van der Waals surface area (Å²) in [6.45, 7) is 6.62. The van der Waals surface area contributed by atoms with Gasteiger partial charge in [-0.2, -0.15) is 0 Å². The molecule has 1 saturated heterocycles. The highest BCUT2D eigenvalue weighted by molar-refractivity contribution is 5.94. The van der Waals surface area contributed by atoms with E-state index in [4.69, 9.17) is 9.26 Å². The summed E-state index contributed by atoms with van der Waals surface area (Å²) < 4.78 is 11.0. The van der Waals surface area contributed by atoms with Crippen molar-refractivity contribution >= 4 is 11.9 Å². The van der Waals surface area contributed by atoms with Gasteiger partial charge >= 0.3 is 0 Å². The number of ether oxygens (including phenoxy) is 1. The van der Waals surface area contributed by atoms with E-state index in [1.165, 1.54) is 0 Å². The van der Waals surface area contributed by atoms with Crippen LogP contribution in [0.2, 0.25) is 0 Å². The molecule has 1 aliphatic heterocycles. The number of hydrogen-bond acceptors (Lipinski definition) is 5. The Labute approximate surface area is 183 Å². The Morgan fingerprint density at radius 3 is 2.74 bits per heavy atom. The number of nitrogens with zero attached hydrogens (tertiary/aromatic N) is 2. The minimum absolute atomic E-state index is 0.0773. The summed E-state index contributed by atoms with van der Waals surface area (Å²) >= 11 is 0. The minimum Gasteiger partial charge on any atom is -0.376 e. The number of carbonyl (C=O) groups excluding carboxylic acids is 1. The average Bonchev–Trinajstić information content (AvgIpc) is 3.47. The molecule has 1 aromatic heterocycles. The van der Waals surface area contributed by atoms with E-state index in [1.807, 2.05) is 24.3 Å². The molecule has 31 heavy (non-hydrogen) atoms. The number of aromatic nitrogens is 1. The lowest BCUT2D eigenvalue weighted by Gasteiger charge is -2.13. The van der Waals surface area contributed by atoms with Gasteiger partial charge in [-0.15, -0.1) is 0 Å². The van der Waals surface area contributed by atoms with Crippen molar-refractivity contribution in [1.29, 1.82) is 0 Å². The van der Waals surface area contributed by atoms with Gasteiger partial charge in [-0.3, -0.25) is 9.79 Å².